The van der Waals surface area contributed by atoms with Crippen LogP contribution in [0, 0.1) is 0 Å². The molecule has 2 aromatic rings. The van der Waals surface area contributed by atoms with E-state index in [0.717, 1.165) is 16.5 Å². The topological polar surface area (TPSA) is 51.4 Å². The zero-order valence-electron chi connectivity index (χ0n) is 12.7. The minimum absolute atomic E-state index is 0.0541. The summed E-state index contributed by atoms with van der Waals surface area (Å²) in [6.45, 7) is 5.27. The van der Waals surface area contributed by atoms with Crippen molar-refractivity contribution in [1.82, 2.24) is 9.88 Å². The number of rotatable bonds is 5. The lowest BCUT2D eigenvalue weighted by Crippen LogP contribution is -2.43. The summed E-state index contributed by atoms with van der Waals surface area (Å²) in [5.41, 5.74) is 6.51. The minimum Gasteiger partial charge on any atom is -0.475 e. The third-order valence-corrected chi connectivity index (χ3v) is 3.74. The Morgan fingerprint density at radius 1 is 1.25 bits per heavy atom. The zero-order chi connectivity index (χ0) is 14.8. The summed E-state index contributed by atoms with van der Waals surface area (Å²) < 4.78 is 5.98. The predicted molar refractivity (Wildman–Crippen MR) is 82.9 cm³/mol. The lowest BCUT2D eigenvalue weighted by molar-refractivity contribution is 0.112. The Morgan fingerprint density at radius 2 is 1.95 bits per heavy atom. The maximum atomic E-state index is 5.98. The summed E-state index contributed by atoms with van der Waals surface area (Å²) in [6.07, 6.45) is 0. The van der Waals surface area contributed by atoms with Gasteiger partial charge in [-0.3, -0.25) is 0 Å². The summed E-state index contributed by atoms with van der Waals surface area (Å²) in [5, 5.41) is 2.14. The van der Waals surface area contributed by atoms with Crippen LogP contribution < -0.4 is 10.5 Å². The molecular weight excluding hydrogens is 250 g/mol. The van der Waals surface area contributed by atoms with E-state index in [-0.39, 0.29) is 5.54 Å². The second kappa shape index (κ2) is 5.77. The van der Waals surface area contributed by atoms with Gasteiger partial charge in [-0.2, -0.15) is 0 Å². The van der Waals surface area contributed by atoms with Crippen molar-refractivity contribution in [3.63, 3.8) is 0 Å². The maximum Gasteiger partial charge on any atom is 0.221 e. The Labute approximate surface area is 120 Å². The average Bonchev–Trinajstić information content (AvgIpc) is 2.44. The smallest absolute Gasteiger partial charge is 0.221 e. The molecule has 1 aromatic carbocycles. The first-order valence-corrected chi connectivity index (χ1v) is 6.83. The van der Waals surface area contributed by atoms with Crippen LogP contribution in [0.4, 0.5) is 0 Å². The molecular formula is C16H23N3O. The van der Waals surface area contributed by atoms with Crippen molar-refractivity contribution in [3.8, 4) is 5.88 Å². The van der Waals surface area contributed by atoms with Crippen LogP contribution in [0.25, 0.3) is 10.8 Å². The molecule has 20 heavy (non-hydrogen) atoms. The van der Waals surface area contributed by atoms with Crippen molar-refractivity contribution < 1.29 is 4.74 Å². The van der Waals surface area contributed by atoms with Crippen LogP contribution in [0.2, 0.25) is 0 Å². The minimum atomic E-state index is -0.0541. The first-order chi connectivity index (χ1) is 9.44. The zero-order valence-corrected chi connectivity index (χ0v) is 12.7. The third-order valence-electron chi connectivity index (χ3n) is 3.74. The van der Waals surface area contributed by atoms with Crippen molar-refractivity contribution in [2.45, 2.75) is 25.9 Å². The summed E-state index contributed by atoms with van der Waals surface area (Å²) in [6, 6.07) is 10.1. The number of nitrogens with zero attached hydrogens (tertiary/aromatic N) is 2. The van der Waals surface area contributed by atoms with E-state index in [0.29, 0.717) is 19.0 Å². The number of hydrogen-bond acceptors (Lipinski definition) is 4. The van der Waals surface area contributed by atoms with Gasteiger partial charge in [-0.25, -0.2) is 4.98 Å². The van der Waals surface area contributed by atoms with Crippen molar-refractivity contribution in [2.24, 2.45) is 5.73 Å². The fraction of sp³-hybridized carbons (Fsp3) is 0.438. The first-order valence-electron chi connectivity index (χ1n) is 6.83. The van der Waals surface area contributed by atoms with Gasteiger partial charge < -0.3 is 15.4 Å². The Hall–Kier alpha value is -1.65. The van der Waals surface area contributed by atoms with Gasteiger partial charge in [0, 0.05) is 17.5 Å². The van der Waals surface area contributed by atoms with E-state index in [9.17, 15) is 0 Å². The lowest BCUT2D eigenvalue weighted by atomic mass is 10.1. The number of nitrogens with two attached hydrogens (primary N) is 1. The van der Waals surface area contributed by atoms with Crippen LogP contribution in [-0.4, -0.2) is 36.1 Å². The van der Waals surface area contributed by atoms with Gasteiger partial charge in [0.2, 0.25) is 5.88 Å². The van der Waals surface area contributed by atoms with Crippen LogP contribution in [0.15, 0.2) is 30.3 Å². The van der Waals surface area contributed by atoms with Crippen LogP contribution in [0.3, 0.4) is 0 Å². The second-order valence-corrected chi connectivity index (χ2v) is 5.84. The number of benzene rings is 1. The SMILES string of the molecule is CN(C)C(C)(C)COc1nc(CN)cc2ccccc12. The molecule has 0 amide bonds. The number of fused-ring (bicyclic) bond motifs is 1. The Kier molecular flexibility index (Phi) is 4.26. The van der Waals surface area contributed by atoms with E-state index in [2.05, 4.69) is 29.8 Å². The third kappa shape index (κ3) is 3.08. The van der Waals surface area contributed by atoms with Crippen molar-refractivity contribution >= 4 is 10.8 Å². The molecule has 0 saturated carbocycles. The van der Waals surface area contributed by atoms with E-state index in [1.807, 2.05) is 38.4 Å². The molecule has 1 heterocycles. The number of ether oxygens (including phenoxy) is 1. The first kappa shape index (κ1) is 14.8. The highest BCUT2D eigenvalue weighted by molar-refractivity contribution is 5.87. The van der Waals surface area contributed by atoms with Crippen LogP contribution in [0.5, 0.6) is 5.88 Å². The maximum absolute atomic E-state index is 5.98. The summed E-state index contributed by atoms with van der Waals surface area (Å²) in [4.78, 5) is 6.66. The van der Waals surface area contributed by atoms with E-state index in [1.165, 1.54) is 0 Å². The van der Waals surface area contributed by atoms with Crippen LogP contribution in [0.1, 0.15) is 19.5 Å². The lowest BCUT2D eigenvalue weighted by Gasteiger charge is -2.32. The predicted octanol–water partition coefficient (Wildman–Crippen LogP) is 2.41. The van der Waals surface area contributed by atoms with Gasteiger partial charge in [0.05, 0.1) is 5.69 Å². The molecule has 0 bridgehead atoms. The summed E-state index contributed by atoms with van der Waals surface area (Å²) in [5.74, 6) is 0.665. The monoisotopic (exact) mass is 273 g/mol. The molecule has 0 atom stereocenters. The van der Waals surface area contributed by atoms with Gasteiger partial charge in [-0.1, -0.05) is 18.2 Å². The molecule has 4 heteroatoms. The number of likely N-dealkylation sites (N-methyl/N-ethyl adjacent to an activating group) is 1. The van der Waals surface area contributed by atoms with Gasteiger partial charge in [-0.15, -0.1) is 0 Å². The fourth-order valence-electron chi connectivity index (χ4n) is 1.81. The Morgan fingerprint density at radius 3 is 2.60 bits per heavy atom. The molecule has 0 fully saturated rings. The normalized spacial score (nSPS) is 12.1. The highest BCUT2D eigenvalue weighted by atomic mass is 16.5. The molecule has 1 aromatic heterocycles. The van der Waals surface area contributed by atoms with E-state index in [4.69, 9.17) is 10.5 Å². The molecule has 4 nitrogen and oxygen atoms in total. The van der Waals surface area contributed by atoms with Crippen LogP contribution >= 0.6 is 0 Å². The van der Waals surface area contributed by atoms with E-state index < -0.39 is 0 Å². The van der Waals surface area contributed by atoms with Crippen molar-refractivity contribution in [3.05, 3.63) is 36.0 Å². The molecule has 0 spiro atoms. The standard InChI is InChI=1S/C16H23N3O/c1-16(2,19(3)4)11-20-15-14-8-6-5-7-12(14)9-13(10-17)18-15/h5-9H,10-11,17H2,1-4H3. The molecule has 0 aliphatic carbocycles. The Balaban J connectivity index is 2.33. The molecule has 2 rings (SSSR count). The summed E-state index contributed by atoms with van der Waals surface area (Å²) in [7, 11) is 4.09. The van der Waals surface area contributed by atoms with Gasteiger partial charge >= 0.3 is 0 Å². The number of pyridine rings is 1. The molecule has 0 aliphatic rings. The van der Waals surface area contributed by atoms with Gasteiger partial charge in [-0.05, 0) is 45.5 Å². The second-order valence-electron chi connectivity index (χ2n) is 5.84. The van der Waals surface area contributed by atoms with Gasteiger partial charge in [0.15, 0.2) is 0 Å². The Bertz CT molecular complexity index is 593. The molecule has 0 unspecified atom stereocenters. The molecule has 2 N–H and O–H groups in total. The van der Waals surface area contributed by atoms with E-state index in [1.54, 1.807) is 0 Å². The summed E-state index contributed by atoms with van der Waals surface area (Å²) >= 11 is 0. The quantitative estimate of drug-likeness (QED) is 0.909. The van der Waals surface area contributed by atoms with Crippen LogP contribution in [-0.2, 0) is 6.54 Å². The number of hydrogen-bond donors (Lipinski definition) is 1. The van der Waals surface area contributed by atoms with E-state index >= 15 is 0 Å². The van der Waals surface area contributed by atoms with Gasteiger partial charge in [0.25, 0.3) is 0 Å². The highest BCUT2D eigenvalue weighted by Crippen LogP contribution is 2.25. The van der Waals surface area contributed by atoms with Crippen molar-refractivity contribution in [1.29, 1.82) is 0 Å². The molecule has 0 radical (unpaired) electrons. The largest absolute Gasteiger partial charge is 0.475 e. The van der Waals surface area contributed by atoms with Gasteiger partial charge in [0.1, 0.15) is 6.61 Å². The average molecular weight is 273 g/mol. The number of aromatic nitrogens is 1. The highest BCUT2D eigenvalue weighted by Gasteiger charge is 2.22. The molecule has 0 saturated heterocycles. The fourth-order valence-corrected chi connectivity index (χ4v) is 1.81. The molecule has 0 aliphatic heterocycles. The molecule has 108 valence electrons. The van der Waals surface area contributed by atoms with Crippen molar-refractivity contribution in [2.75, 3.05) is 20.7 Å².